The predicted octanol–water partition coefficient (Wildman–Crippen LogP) is 2.61. The third-order valence-electron chi connectivity index (χ3n) is 2.22. The van der Waals surface area contributed by atoms with Crippen molar-refractivity contribution >= 4 is 28.9 Å². The van der Waals surface area contributed by atoms with Crippen LogP contribution < -0.4 is 5.84 Å². The van der Waals surface area contributed by atoms with Gasteiger partial charge in [0, 0.05) is 5.56 Å². The summed E-state index contributed by atoms with van der Waals surface area (Å²) < 4.78 is 0. The van der Waals surface area contributed by atoms with Crippen LogP contribution in [0.1, 0.15) is 11.6 Å². The summed E-state index contributed by atoms with van der Waals surface area (Å²) in [4.78, 5) is 0. The van der Waals surface area contributed by atoms with Gasteiger partial charge in [-0.05, 0) is 6.07 Å². The quantitative estimate of drug-likeness (QED) is 0.759. The molecule has 1 aliphatic heterocycles. The van der Waals surface area contributed by atoms with Gasteiger partial charge in [-0.2, -0.15) is 5.11 Å². The van der Waals surface area contributed by atoms with E-state index in [1.165, 1.54) is 0 Å². The zero-order chi connectivity index (χ0) is 11.7. The number of hydrogen-bond donors (Lipinski definition) is 2. The molecular weight excluding hydrogens is 249 g/mol. The van der Waals surface area contributed by atoms with Crippen molar-refractivity contribution < 1.29 is 0 Å². The van der Waals surface area contributed by atoms with Crippen LogP contribution in [-0.2, 0) is 0 Å². The first-order valence-corrected chi connectivity index (χ1v) is 5.29. The lowest BCUT2D eigenvalue weighted by molar-refractivity contribution is 0.293. The van der Waals surface area contributed by atoms with Gasteiger partial charge in [-0.1, -0.05) is 40.6 Å². The van der Waals surface area contributed by atoms with E-state index in [-0.39, 0.29) is 6.54 Å². The maximum atomic E-state index is 7.80. The third-order valence-corrected chi connectivity index (χ3v) is 3.05. The van der Waals surface area contributed by atoms with Crippen molar-refractivity contribution in [3.63, 3.8) is 0 Å². The lowest BCUT2D eigenvalue weighted by Crippen LogP contribution is -2.36. The normalized spacial score (nSPS) is 20.3. The number of hydrazine groups is 1. The second-order valence-electron chi connectivity index (χ2n) is 3.37. The minimum atomic E-state index is -0.494. The smallest absolute Gasteiger partial charge is 0.139 e. The molecule has 0 aliphatic carbocycles. The molecule has 0 amide bonds. The molecule has 0 radical (unpaired) electrons. The van der Waals surface area contributed by atoms with Gasteiger partial charge in [-0.25, -0.2) is 11.0 Å². The van der Waals surface area contributed by atoms with Crippen molar-refractivity contribution in [2.24, 2.45) is 16.2 Å². The molecule has 1 aliphatic rings. The van der Waals surface area contributed by atoms with Crippen molar-refractivity contribution in [1.82, 2.24) is 5.12 Å². The molecule has 0 aromatic heterocycles. The Bertz CT molecular complexity index is 459. The number of hydrogen-bond acceptors (Lipinski definition) is 5. The highest BCUT2D eigenvalue weighted by atomic mass is 35.5. The van der Waals surface area contributed by atoms with Gasteiger partial charge >= 0.3 is 0 Å². The van der Waals surface area contributed by atoms with E-state index in [9.17, 15) is 0 Å². The van der Waals surface area contributed by atoms with E-state index in [1.807, 2.05) is 0 Å². The summed E-state index contributed by atoms with van der Waals surface area (Å²) in [7, 11) is 0. The summed E-state index contributed by atoms with van der Waals surface area (Å²) in [5.74, 6) is 5.41. The fourth-order valence-electron chi connectivity index (χ4n) is 1.46. The fraction of sp³-hybridized carbons (Fsp3) is 0.222. The summed E-state index contributed by atoms with van der Waals surface area (Å²) in [6, 6.07) is 4.73. The number of benzene rings is 1. The molecule has 0 bridgehead atoms. The molecule has 84 valence electrons. The highest BCUT2D eigenvalue weighted by Crippen LogP contribution is 2.33. The summed E-state index contributed by atoms with van der Waals surface area (Å²) >= 11 is 12.0. The average Bonchev–Trinajstić information content (AvgIpc) is 2.23. The minimum Gasteiger partial charge on any atom is -0.305 e. The third kappa shape index (κ3) is 2.02. The Labute approximate surface area is 102 Å². The van der Waals surface area contributed by atoms with Crippen LogP contribution in [0, 0.1) is 5.41 Å². The number of rotatable bonds is 1. The van der Waals surface area contributed by atoms with Gasteiger partial charge in [-0.15, -0.1) is 0 Å². The van der Waals surface area contributed by atoms with E-state index < -0.39 is 6.04 Å². The van der Waals surface area contributed by atoms with Crippen LogP contribution in [0.15, 0.2) is 28.5 Å². The van der Waals surface area contributed by atoms with E-state index in [0.717, 1.165) is 5.12 Å². The van der Waals surface area contributed by atoms with E-state index >= 15 is 0 Å². The van der Waals surface area contributed by atoms with Crippen molar-refractivity contribution in [3.05, 3.63) is 33.8 Å². The largest absolute Gasteiger partial charge is 0.305 e. The first kappa shape index (κ1) is 11.3. The second-order valence-corrected chi connectivity index (χ2v) is 4.16. The zero-order valence-corrected chi connectivity index (χ0v) is 9.70. The Morgan fingerprint density at radius 3 is 2.88 bits per heavy atom. The second kappa shape index (κ2) is 4.37. The standard InChI is InChI=1S/C9H9Cl2N5/c10-6-3-1-2-5(8(6)11)9-7(12)4-16(13)15-14-9/h1-3,9,12H,4,13H2. The van der Waals surface area contributed by atoms with Gasteiger partial charge in [0.15, 0.2) is 0 Å². The van der Waals surface area contributed by atoms with Gasteiger partial charge in [0.1, 0.15) is 6.04 Å². The molecule has 7 heteroatoms. The van der Waals surface area contributed by atoms with Crippen molar-refractivity contribution in [1.29, 1.82) is 5.41 Å². The molecule has 1 aromatic rings. The molecule has 16 heavy (non-hydrogen) atoms. The Morgan fingerprint density at radius 2 is 2.19 bits per heavy atom. The molecule has 0 saturated heterocycles. The van der Waals surface area contributed by atoms with Gasteiger partial charge in [0.05, 0.1) is 22.3 Å². The lowest BCUT2D eigenvalue weighted by Gasteiger charge is -2.22. The molecule has 1 aromatic carbocycles. The van der Waals surface area contributed by atoms with Crippen molar-refractivity contribution in [3.8, 4) is 0 Å². The number of nitrogens with one attached hydrogen (secondary N) is 1. The molecule has 3 N–H and O–H groups in total. The van der Waals surface area contributed by atoms with E-state index in [1.54, 1.807) is 18.2 Å². The zero-order valence-electron chi connectivity index (χ0n) is 8.19. The predicted molar refractivity (Wildman–Crippen MR) is 62.7 cm³/mol. The first-order valence-electron chi connectivity index (χ1n) is 4.54. The Hall–Kier alpha value is -1.17. The van der Waals surface area contributed by atoms with Crippen LogP contribution in [0.2, 0.25) is 10.0 Å². The monoisotopic (exact) mass is 257 g/mol. The van der Waals surface area contributed by atoms with Crippen LogP contribution in [0.5, 0.6) is 0 Å². The molecule has 1 unspecified atom stereocenters. The number of nitrogens with zero attached hydrogens (tertiary/aromatic N) is 3. The van der Waals surface area contributed by atoms with Gasteiger partial charge in [0.2, 0.25) is 0 Å². The SMILES string of the molecule is N=C1CN(N)N=NC1c1cccc(Cl)c1Cl. The maximum Gasteiger partial charge on any atom is 0.139 e. The number of halogens is 2. The average molecular weight is 258 g/mol. The minimum absolute atomic E-state index is 0.233. The Kier molecular flexibility index (Phi) is 3.09. The van der Waals surface area contributed by atoms with Gasteiger partial charge in [0.25, 0.3) is 0 Å². The Balaban J connectivity index is 2.41. The highest BCUT2D eigenvalue weighted by molar-refractivity contribution is 6.42. The topological polar surface area (TPSA) is 77.8 Å². The lowest BCUT2D eigenvalue weighted by atomic mass is 10.0. The maximum absolute atomic E-state index is 7.80. The van der Waals surface area contributed by atoms with Crippen LogP contribution in [0.3, 0.4) is 0 Å². The van der Waals surface area contributed by atoms with Gasteiger partial charge in [-0.3, -0.25) is 0 Å². The van der Waals surface area contributed by atoms with E-state index in [2.05, 4.69) is 10.3 Å². The van der Waals surface area contributed by atoms with Crippen LogP contribution >= 0.6 is 23.2 Å². The molecule has 5 nitrogen and oxygen atoms in total. The Morgan fingerprint density at radius 1 is 1.44 bits per heavy atom. The van der Waals surface area contributed by atoms with Crippen LogP contribution in [0.25, 0.3) is 0 Å². The fourth-order valence-corrected chi connectivity index (χ4v) is 1.87. The van der Waals surface area contributed by atoms with Crippen LogP contribution in [-0.4, -0.2) is 17.4 Å². The molecule has 0 fully saturated rings. The van der Waals surface area contributed by atoms with Crippen LogP contribution in [0.4, 0.5) is 0 Å². The molecule has 0 spiro atoms. The molecular formula is C9H9Cl2N5. The first-order chi connectivity index (χ1) is 7.59. The number of nitrogens with two attached hydrogens (primary N) is 1. The summed E-state index contributed by atoms with van der Waals surface area (Å²) in [6.07, 6.45) is 0. The summed E-state index contributed by atoms with van der Waals surface area (Å²) in [6.45, 7) is 0.233. The summed E-state index contributed by atoms with van der Waals surface area (Å²) in [5.41, 5.74) is 1.01. The molecule has 2 rings (SSSR count). The molecule has 1 atom stereocenters. The molecule has 1 heterocycles. The van der Waals surface area contributed by atoms with E-state index in [4.69, 9.17) is 34.5 Å². The summed E-state index contributed by atoms with van der Waals surface area (Å²) in [5, 5.41) is 17.4. The van der Waals surface area contributed by atoms with Crippen molar-refractivity contribution in [2.75, 3.05) is 6.54 Å². The van der Waals surface area contributed by atoms with Gasteiger partial charge < -0.3 is 5.41 Å². The highest BCUT2D eigenvalue weighted by Gasteiger charge is 2.24. The van der Waals surface area contributed by atoms with E-state index in [0.29, 0.717) is 21.3 Å². The van der Waals surface area contributed by atoms with Crippen molar-refractivity contribution in [2.45, 2.75) is 6.04 Å². The molecule has 0 saturated carbocycles.